The van der Waals surface area contributed by atoms with Gasteiger partial charge >= 0.3 is 0 Å². The minimum atomic E-state index is -0.136. The van der Waals surface area contributed by atoms with Gasteiger partial charge < -0.3 is 21.1 Å². The highest BCUT2D eigenvalue weighted by Gasteiger charge is 2.25. The third kappa shape index (κ3) is 3.68. The smallest absolute Gasteiger partial charge is 0.253 e. The number of nitrogens with one attached hydrogen (secondary N) is 2. The van der Waals surface area contributed by atoms with Gasteiger partial charge in [-0.15, -0.1) is 0 Å². The SMILES string of the molecule is COc1ccc(Cl)cc1Nc1ccc(N)cc1C(=O)NC1CC1. The van der Waals surface area contributed by atoms with Crippen molar-refractivity contribution < 1.29 is 9.53 Å². The van der Waals surface area contributed by atoms with E-state index in [2.05, 4.69) is 10.6 Å². The zero-order chi connectivity index (χ0) is 16.4. The number of ether oxygens (including phenoxy) is 1. The van der Waals surface area contributed by atoms with Gasteiger partial charge in [-0.05, 0) is 49.2 Å². The molecule has 2 aromatic rings. The fraction of sp³-hybridized carbons (Fsp3) is 0.235. The molecule has 120 valence electrons. The zero-order valence-corrected chi connectivity index (χ0v) is 13.5. The molecule has 1 saturated carbocycles. The molecule has 6 heteroatoms. The molecule has 0 spiro atoms. The Bertz CT molecular complexity index is 745. The number of nitrogen functional groups attached to an aromatic ring is 1. The molecule has 1 aliphatic rings. The van der Waals surface area contributed by atoms with Crippen molar-refractivity contribution in [2.75, 3.05) is 18.2 Å². The first-order chi connectivity index (χ1) is 11.1. The van der Waals surface area contributed by atoms with Gasteiger partial charge in [0.1, 0.15) is 5.75 Å². The van der Waals surface area contributed by atoms with Crippen LogP contribution in [0.15, 0.2) is 36.4 Å². The van der Waals surface area contributed by atoms with Crippen LogP contribution in [0.4, 0.5) is 17.1 Å². The Kier molecular flexibility index (Phi) is 4.30. The molecule has 0 atom stereocenters. The van der Waals surface area contributed by atoms with Crippen molar-refractivity contribution in [2.24, 2.45) is 0 Å². The fourth-order valence-corrected chi connectivity index (χ4v) is 2.44. The van der Waals surface area contributed by atoms with Crippen LogP contribution in [0.5, 0.6) is 5.75 Å². The predicted molar refractivity (Wildman–Crippen MR) is 92.6 cm³/mol. The largest absolute Gasteiger partial charge is 0.495 e. The van der Waals surface area contributed by atoms with E-state index in [-0.39, 0.29) is 11.9 Å². The number of methoxy groups -OCH3 is 1. The summed E-state index contributed by atoms with van der Waals surface area (Å²) in [6.07, 6.45) is 2.05. The van der Waals surface area contributed by atoms with Gasteiger partial charge in [0, 0.05) is 16.8 Å². The monoisotopic (exact) mass is 331 g/mol. The van der Waals surface area contributed by atoms with Crippen LogP contribution in [0.2, 0.25) is 5.02 Å². The lowest BCUT2D eigenvalue weighted by atomic mass is 10.1. The van der Waals surface area contributed by atoms with Crippen LogP contribution in [-0.2, 0) is 0 Å². The predicted octanol–water partition coefficient (Wildman–Crippen LogP) is 3.57. The first-order valence-electron chi connectivity index (χ1n) is 7.38. The van der Waals surface area contributed by atoms with E-state index in [4.69, 9.17) is 22.1 Å². The topological polar surface area (TPSA) is 76.4 Å². The number of amides is 1. The fourth-order valence-electron chi connectivity index (χ4n) is 2.27. The summed E-state index contributed by atoms with van der Waals surface area (Å²) in [5.74, 6) is 0.503. The van der Waals surface area contributed by atoms with E-state index in [1.165, 1.54) is 0 Å². The summed E-state index contributed by atoms with van der Waals surface area (Å²) in [4.78, 5) is 12.4. The van der Waals surface area contributed by atoms with E-state index in [0.717, 1.165) is 12.8 Å². The van der Waals surface area contributed by atoms with Crippen LogP contribution < -0.4 is 21.1 Å². The number of rotatable bonds is 5. The molecular weight excluding hydrogens is 314 g/mol. The summed E-state index contributed by atoms with van der Waals surface area (Å²) in [5.41, 5.74) is 8.20. The number of hydrogen-bond donors (Lipinski definition) is 3. The van der Waals surface area contributed by atoms with Gasteiger partial charge in [-0.25, -0.2) is 0 Å². The summed E-state index contributed by atoms with van der Waals surface area (Å²) in [6.45, 7) is 0. The van der Waals surface area contributed by atoms with E-state index < -0.39 is 0 Å². The van der Waals surface area contributed by atoms with Gasteiger partial charge in [0.15, 0.2) is 0 Å². The highest BCUT2D eigenvalue weighted by molar-refractivity contribution is 6.31. The summed E-state index contributed by atoms with van der Waals surface area (Å²) >= 11 is 6.05. The molecule has 0 aliphatic heterocycles. The van der Waals surface area contributed by atoms with Crippen molar-refractivity contribution in [2.45, 2.75) is 18.9 Å². The Morgan fingerprint density at radius 2 is 2.00 bits per heavy atom. The van der Waals surface area contributed by atoms with E-state index in [1.54, 1.807) is 43.5 Å². The first kappa shape index (κ1) is 15.5. The number of halogens is 1. The van der Waals surface area contributed by atoms with Gasteiger partial charge in [0.05, 0.1) is 24.0 Å². The lowest BCUT2D eigenvalue weighted by Crippen LogP contribution is -2.26. The summed E-state index contributed by atoms with van der Waals surface area (Å²) < 4.78 is 5.32. The number of carbonyl (C=O) groups is 1. The quantitative estimate of drug-likeness (QED) is 0.732. The van der Waals surface area contributed by atoms with Gasteiger partial charge in [-0.1, -0.05) is 11.6 Å². The minimum absolute atomic E-state index is 0.136. The lowest BCUT2D eigenvalue weighted by Gasteiger charge is -2.15. The molecule has 5 nitrogen and oxygen atoms in total. The summed E-state index contributed by atoms with van der Waals surface area (Å²) in [7, 11) is 1.58. The Hall–Kier alpha value is -2.40. The Morgan fingerprint density at radius 1 is 1.22 bits per heavy atom. The summed E-state index contributed by atoms with van der Waals surface area (Å²) in [5, 5.41) is 6.76. The summed E-state index contributed by atoms with van der Waals surface area (Å²) in [6, 6.07) is 10.7. The number of anilines is 3. The molecule has 0 bridgehead atoms. The molecule has 3 rings (SSSR count). The lowest BCUT2D eigenvalue weighted by molar-refractivity contribution is 0.0952. The van der Waals surface area contributed by atoms with Crippen LogP contribution in [0, 0.1) is 0 Å². The van der Waals surface area contributed by atoms with Crippen LogP contribution >= 0.6 is 11.6 Å². The van der Waals surface area contributed by atoms with Crippen LogP contribution in [0.3, 0.4) is 0 Å². The molecule has 2 aromatic carbocycles. The highest BCUT2D eigenvalue weighted by Crippen LogP contribution is 2.32. The molecule has 23 heavy (non-hydrogen) atoms. The molecule has 0 radical (unpaired) electrons. The van der Waals surface area contributed by atoms with E-state index in [9.17, 15) is 4.79 Å². The molecule has 1 amide bonds. The van der Waals surface area contributed by atoms with Crippen molar-refractivity contribution in [3.05, 3.63) is 47.0 Å². The maximum atomic E-state index is 12.4. The third-order valence-corrected chi connectivity index (χ3v) is 3.87. The van der Waals surface area contributed by atoms with Crippen LogP contribution in [0.25, 0.3) is 0 Å². The van der Waals surface area contributed by atoms with Gasteiger partial charge in [-0.2, -0.15) is 0 Å². The second kappa shape index (κ2) is 6.38. The van der Waals surface area contributed by atoms with Crippen molar-refractivity contribution in [3.63, 3.8) is 0 Å². The number of nitrogens with two attached hydrogens (primary N) is 1. The van der Waals surface area contributed by atoms with Crippen molar-refractivity contribution in [1.29, 1.82) is 0 Å². The first-order valence-corrected chi connectivity index (χ1v) is 7.75. The molecule has 0 heterocycles. The third-order valence-electron chi connectivity index (χ3n) is 3.63. The molecule has 0 aromatic heterocycles. The van der Waals surface area contributed by atoms with Crippen molar-refractivity contribution in [3.8, 4) is 5.75 Å². The molecule has 4 N–H and O–H groups in total. The standard InChI is InChI=1S/C17H18ClN3O2/c1-23-16-7-2-10(18)8-15(16)21-14-6-3-11(19)9-13(14)17(22)20-12-4-5-12/h2-3,6-9,12,21H,4-5,19H2,1H3,(H,20,22). The second-order valence-electron chi connectivity index (χ2n) is 5.52. The Balaban J connectivity index is 1.93. The molecule has 0 saturated heterocycles. The number of benzene rings is 2. The van der Waals surface area contributed by atoms with E-state index in [1.807, 2.05) is 0 Å². The minimum Gasteiger partial charge on any atom is -0.495 e. The molecule has 0 unspecified atom stereocenters. The van der Waals surface area contributed by atoms with Gasteiger partial charge in [-0.3, -0.25) is 4.79 Å². The van der Waals surface area contributed by atoms with Gasteiger partial charge in [0.2, 0.25) is 0 Å². The second-order valence-corrected chi connectivity index (χ2v) is 5.96. The van der Waals surface area contributed by atoms with Gasteiger partial charge in [0.25, 0.3) is 5.91 Å². The Morgan fingerprint density at radius 3 is 2.70 bits per heavy atom. The molecule has 1 fully saturated rings. The van der Waals surface area contributed by atoms with E-state index in [0.29, 0.717) is 33.4 Å². The average Bonchev–Trinajstić information content (AvgIpc) is 3.33. The average molecular weight is 332 g/mol. The van der Waals surface area contributed by atoms with E-state index >= 15 is 0 Å². The molecular formula is C17H18ClN3O2. The zero-order valence-electron chi connectivity index (χ0n) is 12.7. The molecule has 1 aliphatic carbocycles. The Labute approximate surface area is 139 Å². The maximum absolute atomic E-state index is 12.4. The van der Waals surface area contributed by atoms with Crippen molar-refractivity contribution in [1.82, 2.24) is 5.32 Å². The number of carbonyl (C=O) groups excluding carboxylic acids is 1. The van der Waals surface area contributed by atoms with Crippen LogP contribution in [0.1, 0.15) is 23.2 Å². The number of hydrogen-bond acceptors (Lipinski definition) is 4. The highest BCUT2D eigenvalue weighted by atomic mass is 35.5. The maximum Gasteiger partial charge on any atom is 0.253 e. The van der Waals surface area contributed by atoms with Crippen molar-refractivity contribution >= 4 is 34.6 Å². The van der Waals surface area contributed by atoms with Crippen LogP contribution in [-0.4, -0.2) is 19.1 Å². The normalized spacial score (nSPS) is 13.5.